The first kappa shape index (κ1) is 18.0. The molecule has 2 aliphatic rings. The fourth-order valence-electron chi connectivity index (χ4n) is 3.01. The van der Waals surface area contributed by atoms with Crippen LogP contribution in [0.2, 0.25) is 0 Å². The van der Waals surface area contributed by atoms with Crippen LogP contribution in [-0.2, 0) is 14.2 Å². The lowest BCUT2D eigenvalue weighted by Gasteiger charge is -2.34. The maximum atomic E-state index is 12.5. The normalized spacial score (nSPS) is 31.7. The lowest BCUT2D eigenvalue weighted by atomic mass is 10.0. The Morgan fingerprint density at radius 1 is 1.43 bits per heavy atom. The lowest BCUT2D eigenvalue weighted by Crippen LogP contribution is -2.52. The summed E-state index contributed by atoms with van der Waals surface area (Å²) in [5, 5.41) is 19.9. The molecule has 0 aromatic carbocycles. The van der Waals surface area contributed by atoms with E-state index < -0.39 is 41.8 Å². The number of nitrogens with zero attached hydrogens (tertiary/aromatic N) is 2. The van der Waals surface area contributed by atoms with Gasteiger partial charge in [-0.25, -0.2) is 4.79 Å². The first-order chi connectivity index (χ1) is 10.5. The average molecular weight is 326 g/mol. The van der Waals surface area contributed by atoms with Crippen molar-refractivity contribution in [3.8, 4) is 6.07 Å². The summed E-state index contributed by atoms with van der Waals surface area (Å²) in [5.41, 5.74) is -0.663. The SMILES string of the molecule is CC(C)(C)OC(=O)N1C([C@H](O)[C@H]2COC(C)(C)O2)CC[C@@H]1C#N. The number of amides is 1. The van der Waals surface area contributed by atoms with E-state index in [0.717, 1.165) is 0 Å². The zero-order valence-corrected chi connectivity index (χ0v) is 14.4. The molecule has 23 heavy (non-hydrogen) atoms. The van der Waals surface area contributed by atoms with Gasteiger partial charge in [0, 0.05) is 0 Å². The van der Waals surface area contributed by atoms with Crippen molar-refractivity contribution in [2.75, 3.05) is 6.61 Å². The Hall–Kier alpha value is -1.36. The third kappa shape index (κ3) is 4.14. The number of hydrogen-bond acceptors (Lipinski definition) is 6. The highest BCUT2D eigenvalue weighted by Gasteiger charge is 2.48. The first-order valence-electron chi connectivity index (χ1n) is 7.95. The third-order valence-electron chi connectivity index (χ3n) is 3.99. The highest BCUT2D eigenvalue weighted by molar-refractivity contribution is 5.70. The van der Waals surface area contributed by atoms with E-state index in [2.05, 4.69) is 6.07 Å². The van der Waals surface area contributed by atoms with Gasteiger partial charge in [0.25, 0.3) is 0 Å². The van der Waals surface area contributed by atoms with E-state index in [9.17, 15) is 15.2 Å². The van der Waals surface area contributed by atoms with E-state index in [-0.39, 0.29) is 6.61 Å². The van der Waals surface area contributed by atoms with Gasteiger partial charge in [0.2, 0.25) is 0 Å². The second kappa shape index (κ2) is 6.27. The Morgan fingerprint density at radius 3 is 2.57 bits per heavy atom. The van der Waals surface area contributed by atoms with Gasteiger partial charge in [0.15, 0.2) is 5.79 Å². The van der Waals surface area contributed by atoms with Gasteiger partial charge in [-0.2, -0.15) is 5.26 Å². The minimum absolute atomic E-state index is 0.254. The van der Waals surface area contributed by atoms with Crippen molar-refractivity contribution >= 4 is 6.09 Å². The van der Waals surface area contributed by atoms with Crippen molar-refractivity contribution < 1.29 is 24.1 Å². The molecule has 2 aliphatic heterocycles. The zero-order valence-electron chi connectivity index (χ0n) is 14.4. The van der Waals surface area contributed by atoms with Gasteiger partial charge in [-0.05, 0) is 47.5 Å². The van der Waals surface area contributed by atoms with Crippen LogP contribution in [0.15, 0.2) is 0 Å². The maximum absolute atomic E-state index is 12.5. The predicted molar refractivity (Wildman–Crippen MR) is 81.4 cm³/mol. The van der Waals surface area contributed by atoms with Crippen LogP contribution in [0.1, 0.15) is 47.5 Å². The maximum Gasteiger partial charge on any atom is 0.411 e. The van der Waals surface area contributed by atoms with Crippen LogP contribution in [0.3, 0.4) is 0 Å². The number of aliphatic hydroxyl groups is 1. The van der Waals surface area contributed by atoms with Crippen LogP contribution in [0, 0.1) is 11.3 Å². The largest absolute Gasteiger partial charge is 0.444 e. The summed E-state index contributed by atoms with van der Waals surface area (Å²) in [6.07, 6.45) is -1.00. The Morgan fingerprint density at radius 2 is 2.09 bits per heavy atom. The highest BCUT2D eigenvalue weighted by Crippen LogP contribution is 2.33. The molecule has 0 spiro atoms. The summed E-state index contributed by atoms with van der Waals surface area (Å²) in [6, 6.07) is 1.00. The summed E-state index contributed by atoms with van der Waals surface area (Å²) in [5.74, 6) is -0.754. The van der Waals surface area contributed by atoms with Crippen molar-refractivity contribution in [3.05, 3.63) is 0 Å². The first-order valence-corrected chi connectivity index (χ1v) is 7.95. The van der Waals surface area contributed by atoms with Gasteiger partial charge in [-0.15, -0.1) is 0 Å². The summed E-state index contributed by atoms with van der Waals surface area (Å²) in [7, 11) is 0. The molecule has 2 fully saturated rings. The van der Waals surface area contributed by atoms with Gasteiger partial charge < -0.3 is 19.3 Å². The molecule has 1 N–H and O–H groups in total. The van der Waals surface area contributed by atoms with Crippen LogP contribution in [-0.4, -0.2) is 58.4 Å². The molecular weight excluding hydrogens is 300 g/mol. The third-order valence-corrected chi connectivity index (χ3v) is 3.99. The zero-order chi connectivity index (χ0) is 17.4. The van der Waals surface area contributed by atoms with E-state index in [1.165, 1.54) is 4.90 Å². The Labute approximate surface area is 137 Å². The summed E-state index contributed by atoms with van der Waals surface area (Å²) >= 11 is 0. The molecule has 0 aromatic heterocycles. The summed E-state index contributed by atoms with van der Waals surface area (Å²) in [4.78, 5) is 13.8. The molecule has 7 nitrogen and oxygen atoms in total. The Kier molecular flexibility index (Phi) is 4.90. The van der Waals surface area contributed by atoms with Crippen LogP contribution in [0.25, 0.3) is 0 Å². The van der Waals surface area contributed by atoms with Crippen molar-refractivity contribution in [2.24, 2.45) is 0 Å². The number of aliphatic hydroxyl groups excluding tert-OH is 1. The lowest BCUT2D eigenvalue weighted by molar-refractivity contribution is -0.155. The van der Waals surface area contributed by atoms with E-state index in [1.54, 1.807) is 34.6 Å². The molecule has 0 radical (unpaired) electrons. The number of carbonyl (C=O) groups excluding carboxylic acids is 1. The molecule has 2 heterocycles. The second-order valence-corrected chi connectivity index (χ2v) is 7.53. The topological polar surface area (TPSA) is 92.0 Å². The number of nitriles is 1. The Balaban J connectivity index is 2.13. The second-order valence-electron chi connectivity index (χ2n) is 7.53. The molecule has 130 valence electrons. The van der Waals surface area contributed by atoms with Crippen LogP contribution in [0.5, 0.6) is 0 Å². The highest BCUT2D eigenvalue weighted by atomic mass is 16.7. The molecule has 1 amide bonds. The molecule has 0 aromatic rings. The van der Waals surface area contributed by atoms with Gasteiger partial charge in [-0.1, -0.05) is 0 Å². The molecule has 0 bridgehead atoms. The molecule has 0 saturated carbocycles. The molecule has 4 atom stereocenters. The molecule has 1 unspecified atom stereocenters. The van der Waals surface area contributed by atoms with Crippen LogP contribution in [0.4, 0.5) is 4.79 Å². The number of ether oxygens (including phenoxy) is 3. The van der Waals surface area contributed by atoms with Gasteiger partial charge in [-0.3, -0.25) is 4.90 Å². The summed E-state index contributed by atoms with van der Waals surface area (Å²) < 4.78 is 16.6. The van der Waals surface area contributed by atoms with Crippen LogP contribution >= 0.6 is 0 Å². The van der Waals surface area contributed by atoms with E-state index in [0.29, 0.717) is 12.8 Å². The average Bonchev–Trinajstić information content (AvgIpc) is 2.98. The van der Waals surface area contributed by atoms with Crippen molar-refractivity contribution in [1.82, 2.24) is 4.90 Å². The van der Waals surface area contributed by atoms with E-state index in [4.69, 9.17) is 14.2 Å². The minimum Gasteiger partial charge on any atom is -0.444 e. The molecular formula is C16H26N2O5. The smallest absolute Gasteiger partial charge is 0.411 e. The monoisotopic (exact) mass is 326 g/mol. The predicted octanol–water partition coefficient (Wildman–Crippen LogP) is 1.79. The number of hydrogen-bond donors (Lipinski definition) is 1. The van der Waals surface area contributed by atoms with Crippen molar-refractivity contribution in [2.45, 2.75) is 83.1 Å². The fourth-order valence-corrected chi connectivity index (χ4v) is 3.01. The van der Waals surface area contributed by atoms with Gasteiger partial charge in [0.05, 0.1) is 18.7 Å². The van der Waals surface area contributed by atoms with Gasteiger partial charge >= 0.3 is 6.09 Å². The molecule has 0 aliphatic carbocycles. The molecule has 2 rings (SSSR count). The van der Waals surface area contributed by atoms with Crippen LogP contribution < -0.4 is 0 Å². The molecule has 7 heteroatoms. The minimum atomic E-state index is -0.928. The standard InChI is InChI=1S/C16H26N2O5/c1-15(2,3)23-14(20)18-10(8-17)6-7-11(18)13(19)12-9-21-16(4,5)22-12/h10-13,19H,6-7,9H2,1-5H3/t10-,11?,12-,13+/m1/s1. The van der Waals surface area contributed by atoms with E-state index >= 15 is 0 Å². The van der Waals surface area contributed by atoms with Crippen molar-refractivity contribution in [1.29, 1.82) is 5.26 Å². The van der Waals surface area contributed by atoms with E-state index in [1.807, 2.05) is 0 Å². The number of rotatable bonds is 2. The van der Waals surface area contributed by atoms with Crippen molar-refractivity contribution in [3.63, 3.8) is 0 Å². The fraction of sp³-hybridized carbons (Fsp3) is 0.875. The Bertz CT molecular complexity index is 494. The number of carbonyl (C=O) groups is 1. The van der Waals surface area contributed by atoms with Gasteiger partial charge in [0.1, 0.15) is 23.9 Å². The quantitative estimate of drug-likeness (QED) is 0.832. The number of likely N-dealkylation sites (tertiary alicyclic amines) is 1. The molecule has 2 saturated heterocycles. The summed E-state index contributed by atoms with van der Waals surface area (Å²) in [6.45, 7) is 9.11.